The summed E-state index contributed by atoms with van der Waals surface area (Å²) in [6.45, 7) is 2.53. The molecule has 2 aromatic rings. The van der Waals surface area contributed by atoms with E-state index in [1.165, 1.54) is 6.07 Å². The number of fused-ring (bicyclic) bond motifs is 3. The molecule has 2 unspecified atom stereocenters. The van der Waals surface area contributed by atoms with Crippen molar-refractivity contribution in [2.45, 2.75) is 25.1 Å². The van der Waals surface area contributed by atoms with Crippen LogP contribution < -0.4 is 16.2 Å². The molecule has 2 aliphatic heterocycles. The van der Waals surface area contributed by atoms with Gasteiger partial charge in [-0.15, -0.1) is 0 Å². The molecular weight excluding hydrogens is 350 g/mol. The quantitative estimate of drug-likeness (QED) is 0.791. The van der Waals surface area contributed by atoms with Crippen molar-refractivity contribution in [2.24, 2.45) is 5.73 Å². The van der Waals surface area contributed by atoms with E-state index in [0.717, 1.165) is 29.0 Å². The van der Waals surface area contributed by atoms with E-state index in [1.54, 1.807) is 12.3 Å². The minimum absolute atomic E-state index is 0.145. The Hall–Kier alpha value is -2.78. The Morgan fingerprint density at radius 2 is 2.11 bits per heavy atom. The predicted molar refractivity (Wildman–Crippen MR) is 97.2 cm³/mol. The highest BCUT2D eigenvalue weighted by molar-refractivity contribution is 5.73. The van der Waals surface area contributed by atoms with E-state index >= 15 is 0 Å². The molecule has 0 radical (unpaired) electrons. The summed E-state index contributed by atoms with van der Waals surface area (Å²) in [5, 5.41) is 4.20. The van der Waals surface area contributed by atoms with Crippen LogP contribution in [0.5, 0.6) is 0 Å². The van der Waals surface area contributed by atoms with Crippen molar-refractivity contribution in [1.29, 1.82) is 0 Å². The van der Waals surface area contributed by atoms with Gasteiger partial charge in [-0.2, -0.15) is 5.10 Å². The number of hydrogen-bond donors (Lipinski definition) is 1. The van der Waals surface area contributed by atoms with Crippen molar-refractivity contribution >= 4 is 11.7 Å². The molecule has 9 heteroatoms. The first-order valence-electron chi connectivity index (χ1n) is 8.89. The lowest BCUT2D eigenvalue weighted by Crippen LogP contribution is -2.42. The fraction of sp³-hybridized carbons (Fsp3) is 0.444. The molecule has 0 aromatic carbocycles. The van der Waals surface area contributed by atoms with Gasteiger partial charge < -0.3 is 20.1 Å². The zero-order valence-electron chi connectivity index (χ0n) is 14.8. The van der Waals surface area contributed by atoms with E-state index in [0.29, 0.717) is 25.5 Å². The van der Waals surface area contributed by atoms with E-state index < -0.39 is 5.91 Å². The fourth-order valence-electron chi connectivity index (χ4n) is 3.36. The molecule has 0 saturated carbocycles. The minimum Gasteiger partial charge on any atom is -0.377 e. The van der Waals surface area contributed by atoms with Crippen LogP contribution in [0.4, 0.5) is 5.82 Å². The van der Waals surface area contributed by atoms with Crippen molar-refractivity contribution in [1.82, 2.24) is 14.8 Å². The van der Waals surface area contributed by atoms with Gasteiger partial charge in [-0.05, 0) is 24.6 Å². The number of aromatic nitrogens is 3. The Morgan fingerprint density at radius 3 is 2.89 bits per heavy atom. The van der Waals surface area contributed by atoms with E-state index in [4.69, 9.17) is 15.2 Å². The summed E-state index contributed by atoms with van der Waals surface area (Å²) in [6.07, 6.45) is 2.76. The predicted octanol–water partition coefficient (Wildman–Crippen LogP) is -0.215. The first kappa shape index (κ1) is 17.6. The summed E-state index contributed by atoms with van der Waals surface area (Å²) >= 11 is 0. The van der Waals surface area contributed by atoms with Gasteiger partial charge in [0.2, 0.25) is 5.91 Å². The monoisotopic (exact) mass is 371 g/mol. The Balaban J connectivity index is 1.57. The van der Waals surface area contributed by atoms with Crippen LogP contribution in [-0.4, -0.2) is 59.2 Å². The number of nitrogens with zero attached hydrogens (tertiary/aromatic N) is 4. The molecule has 4 heterocycles. The molecule has 2 atom stereocenters. The second-order valence-corrected chi connectivity index (χ2v) is 6.71. The molecule has 2 N–H and O–H groups in total. The maximum Gasteiger partial charge on any atom is 0.267 e. The van der Waals surface area contributed by atoms with Gasteiger partial charge >= 0.3 is 0 Å². The maximum atomic E-state index is 11.8. The maximum absolute atomic E-state index is 11.8. The van der Waals surface area contributed by atoms with Crippen molar-refractivity contribution in [2.75, 3.05) is 31.3 Å². The van der Waals surface area contributed by atoms with Gasteiger partial charge in [0.05, 0.1) is 37.7 Å². The highest BCUT2D eigenvalue weighted by Gasteiger charge is 2.30. The third-order valence-electron chi connectivity index (χ3n) is 4.78. The molecule has 2 fully saturated rings. The number of primary amides is 1. The van der Waals surface area contributed by atoms with Crippen LogP contribution in [0.15, 0.2) is 35.3 Å². The second kappa shape index (κ2) is 7.45. The zero-order valence-corrected chi connectivity index (χ0v) is 14.8. The van der Waals surface area contributed by atoms with Crippen LogP contribution >= 0.6 is 0 Å². The van der Waals surface area contributed by atoms with E-state index in [1.807, 2.05) is 12.1 Å². The molecule has 4 rings (SSSR count). The van der Waals surface area contributed by atoms with E-state index in [9.17, 15) is 9.59 Å². The summed E-state index contributed by atoms with van der Waals surface area (Å²) in [7, 11) is 0. The third-order valence-corrected chi connectivity index (χ3v) is 4.78. The van der Waals surface area contributed by atoms with Crippen LogP contribution in [0, 0.1) is 0 Å². The van der Waals surface area contributed by atoms with Crippen LogP contribution in [0.1, 0.15) is 6.42 Å². The number of nitrogens with two attached hydrogens (primary N) is 1. The van der Waals surface area contributed by atoms with Crippen LogP contribution in [0.3, 0.4) is 0 Å². The Morgan fingerprint density at radius 1 is 1.22 bits per heavy atom. The van der Waals surface area contributed by atoms with Gasteiger partial charge in [0.15, 0.2) is 0 Å². The highest BCUT2D eigenvalue weighted by atomic mass is 16.5. The largest absolute Gasteiger partial charge is 0.377 e. The third kappa shape index (κ3) is 3.83. The molecule has 1 amide bonds. The van der Waals surface area contributed by atoms with Crippen molar-refractivity contribution in [3.8, 4) is 11.3 Å². The number of anilines is 1. The highest BCUT2D eigenvalue weighted by Crippen LogP contribution is 2.24. The summed E-state index contributed by atoms with van der Waals surface area (Å²) < 4.78 is 12.6. The first-order chi connectivity index (χ1) is 13.1. The lowest BCUT2D eigenvalue weighted by atomic mass is 10.1. The van der Waals surface area contributed by atoms with Crippen LogP contribution in [0.25, 0.3) is 11.3 Å². The van der Waals surface area contributed by atoms with Gasteiger partial charge in [0, 0.05) is 24.4 Å². The van der Waals surface area contributed by atoms with Crippen molar-refractivity contribution < 1.29 is 14.3 Å². The number of carbonyl (C=O) groups is 1. The van der Waals surface area contributed by atoms with Gasteiger partial charge in [0.1, 0.15) is 12.4 Å². The summed E-state index contributed by atoms with van der Waals surface area (Å²) in [4.78, 5) is 29.7. The lowest BCUT2D eigenvalue weighted by molar-refractivity contribution is -0.118. The molecule has 27 heavy (non-hydrogen) atoms. The summed E-state index contributed by atoms with van der Waals surface area (Å²) in [5.41, 5.74) is 6.09. The normalized spacial score (nSPS) is 22.3. The van der Waals surface area contributed by atoms with E-state index in [-0.39, 0.29) is 24.2 Å². The zero-order chi connectivity index (χ0) is 18.8. The van der Waals surface area contributed by atoms with Crippen LogP contribution in [-0.2, 0) is 20.8 Å². The number of ether oxygens (including phenoxy) is 2. The van der Waals surface area contributed by atoms with Gasteiger partial charge in [-0.1, -0.05) is 0 Å². The van der Waals surface area contributed by atoms with Gasteiger partial charge in [-0.3, -0.25) is 9.59 Å². The molecule has 2 bridgehead atoms. The fourth-order valence-corrected chi connectivity index (χ4v) is 3.36. The Labute approximate surface area is 155 Å². The number of pyridine rings is 1. The number of carbonyl (C=O) groups excluding carboxylic acids is 1. The molecule has 2 saturated heterocycles. The first-order valence-corrected chi connectivity index (χ1v) is 8.89. The van der Waals surface area contributed by atoms with Crippen molar-refractivity contribution in [3.63, 3.8) is 0 Å². The number of hydrogen-bond acceptors (Lipinski definition) is 7. The van der Waals surface area contributed by atoms with E-state index in [2.05, 4.69) is 15.0 Å². The number of rotatable bonds is 4. The Bertz CT molecular complexity index is 882. The second-order valence-electron chi connectivity index (χ2n) is 6.71. The molecular formula is C18H21N5O4. The van der Waals surface area contributed by atoms with Crippen LogP contribution in [0.2, 0.25) is 0 Å². The Kier molecular flexibility index (Phi) is 4.87. The van der Waals surface area contributed by atoms with Crippen molar-refractivity contribution in [3.05, 3.63) is 40.8 Å². The molecule has 2 aromatic heterocycles. The smallest absolute Gasteiger partial charge is 0.267 e. The van der Waals surface area contributed by atoms with Gasteiger partial charge in [-0.25, -0.2) is 9.67 Å². The average molecular weight is 371 g/mol. The molecule has 2 aliphatic rings. The molecule has 9 nitrogen and oxygen atoms in total. The SMILES string of the molecule is NC(=O)Cn1nc(-c2ccc(N3CCC4COCC3CO4)nc2)ccc1=O. The molecule has 142 valence electrons. The number of amides is 1. The van der Waals surface area contributed by atoms with Gasteiger partial charge in [0.25, 0.3) is 5.56 Å². The molecule has 0 aliphatic carbocycles. The lowest BCUT2D eigenvalue weighted by Gasteiger charge is -2.30. The summed E-state index contributed by atoms with van der Waals surface area (Å²) in [5.74, 6) is 0.232. The topological polar surface area (TPSA) is 113 Å². The standard InChI is InChI=1S/C18H21N5O4/c19-16(24)8-23-18(25)4-2-15(21-23)12-1-3-17(20-7-12)22-6-5-14-11-26-9-13(22)10-27-14/h1-4,7,13-14H,5-6,8-11H2,(H2,19,24). The minimum atomic E-state index is -0.619. The summed E-state index contributed by atoms with van der Waals surface area (Å²) in [6, 6.07) is 6.94. The average Bonchev–Trinajstić information content (AvgIpc) is 3.00. The molecule has 0 spiro atoms.